The molecule has 0 spiro atoms. The van der Waals surface area contributed by atoms with Crippen molar-refractivity contribution in [3.8, 4) is 0 Å². The Kier molecular flexibility index (Phi) is 18.5. The molecule has 3 aliphatic heterocycles. The minimum atomic E-state index is -6.36. The Hall–Kier alpha value is -6.60. The standard InChI is InChI=1S/C43H55FN16O26P4/c1-43(2,3)31(17-7-5-6-8-18(17)60(66)67)77-16-76-30-27(62)20(82-40(30)59-15-56(4)25-35(59)53-42(47)55-37(25)65)10-79-88(70,71)85-90(74,75)86-89(72,73)80-11-21-29(22(44)38(83-21)57-13-50-23-32(45)48-12-49-33(23)57)84-87(68,69)78-9-19-26(61)28(63)39(81-19)58-14-51-24-34(58)52-41(46)54-36(24)64/h5-8,12-15,19-22,26-31,38-40,61-63H,9-11,16H2,1-4H3,(H11-,45,46,47,48,49,52,53,54,55,64,65,68,69,70,71,72,73,74,75)/p+1/t19-,20-,21-,22?,26+,27+,28?,29+,30?,31?,38-,39-,40-/m1/s1. The Labute approximate surface area is 500 Å². The van der Waals surface area contributed by atoms with Gasteiger partial charge in [-0.2, -0.15) is 13.6 Å². The summed E-state index contributed by atoms with van der Waals surface area (Å²) in [5.74, 6) is -0.893. The summed E-state index contributed by atoms with van der Waals surface area (Å²) in [6, 6.07) is 5.75. The average Bonchev–Trinajstić information content (AvgIpc) is 1.62. The van der Waals surface area contributed by atoms with E-state index in [9.17, 15) is 72.9 Å². The Morgan fingerprint density at radius 1 is 0.756 bits per heavy atom. The first-order valence-electron chi connectivity index (χ1n) is 26.0. The molecule has 0 bridgehead atoms. The normalized spacial score (nSPS) is 27.9. The van der Waals surface area contributed by atoms with Gasteiger partial charge in [0.05, 0.1) is 56.1 Å². The fourth-order valence-corrected chi connectivity index (χ4v) is 14.5. The third-order valence-corrected chi connectivity index (χ3v) is 19.2. The molecular weight excluding hydrogens is 1300 g/mol. The largest absolute Gasteiger partial charge is 0.490 e. The number of nitrogen functional groups attached to an aromatic ring is 3. The molecule has 42 nitrogen and oxygen atoms in total. The number of nitro benzene ring substituents is 1. The van der Waals surface area contributed by atoms with Gasteiger partial charge in [-0.25, -0.2) is 47.2 Å². The molecule has 0 aliphatic carbocycles. The molecule has 6 aromatic heterocycles. The minimum Gasteiger partial charge on any atom is -0.387 e. The van der Waals surface area contributed by atoms with Crippen LogP contribution in [0.3, 0.4) is 0 Å². The quantitative estimate of drug-likeness (QED) is 0.0117. The number of nitro groups is 1. The van der Waals surface area contributed by atoms with Gasteiger partial charge in [-0.05, 0) is 11.5 Å². The number of nitrogens with two attached hydrogens (primary N) is 3. The van der Waals surface area contributed by atoms with Crippen LogP contribution in [-0.2, 0) is 75.7 Å². The van der Waals surface area contributed by atoms with Crippen molar-refractivity contribution in [3.05, 3.63) is 86.0 Å². The highest BCUT2D eigenvalue weighted by Gasteiger charge is 2.54. The van der Waals surface area contributed by atoms with Gasteiger partial charge in [0.25, 0.3) is 22.8 Å². The van der Waals surface area contributed by atoms with Crippen LogP contribution in [0, 0.1) is 15.5 Å². The number of imidazole rings is 3. The highest BCUT2D eigenvalue weighted by Crippen LogP contribution is 2.68. The van der Waals surface area contributed by atoms with E-state index in [-0.39, 0.29) is 62.5 Å². The van der Waals surface area contributed by atoms with E-state index in [0.717, 1.165) is 28.1 Å². The second-order valence-corrected chi connectivity index (χ2v) is 27.2. The first-order valence-corrected chi connectivity index (χ1v) is 32.0. The number of rotatable bonds is 24. The van der Waals surface area contributed by atoms with E-state index in [1.807, 2.05) is 0 Å². The number of aliphatic hydroxyl groups excluding tert-OH is 3. The molecule has 9 heterocycles. The number of H-pyrrole nitrogens is 2. The van der Waals surface area contributed by atoms with Gasteiger partial charge in [0, 0.05) is 6.07 Å². The third kappa shape index (κ3) is 13.8. The van der Waals surface area contributed by atoms with Crippen LogP contribution in [0.25, 0.3) is 33.5 Å². The number of alkyl halides is 1. The number of halogens is 1. The predicted molar refractivity (Wildman–Crippen MR) is 293 cm³/mol. The number of aryl methyl sites for hydroxylation is 1. The van der Waals surface area contributed by atoms with Crippen LogP contribution < -0.4 is 32.9 Å². The second-order valence-electron chi connectivity index (χ2n) is 21.2. The molecule has 1 aromatic carbocycles. The van der Waals surface area contributed by atoms with Crippen LogP contribution in [0.1, 0.15) is 51.1 Å². The Bertz CT molecular complexity index is 4190. The Morgan fingerprint density at radius 2 is 1.34 bits per heavy atom. The Morgan fingerprint density at radius 3 is 2.01 bits per heavy atom. The Balaban J connectivity index is 0.809. The maximum Gasteiger partial charge on any atom is 0.490 e. The summed E-state index contributed by atoms with van der Waals surface area (Å²) in [6.45, 7) is 0.674. The van der Waals surface area contributed by atoms with Crippen LogP contribution in [0.15, 0.2) is 59.2 Å². The minimum absolute atomic E-state index is 0.0663. The molecule has 8 unspecified atom stereocenters. The van der Waals surface area contributed by atoms with Crippen molar-refractivity contribution < 1.29 is 117 Å². The number of para-hydroxylation sites is 1. The van der Waals surface area contributed by atoms with Crippen molar-refractivity contribution in [1.29, 1.82) is 0 Å². The fourth-order valence-electron chi connectivity index (χ4n) is 10.1. The van der Waals surface area contributed by atoms with Crippen LogP contribution in [0.4, 0.5) is 27.8 Å². The lowest BCUT2D eigenvalue weighted by molar-refractivity contribution is -0.746. The van der Waals surface area contributed by atoms with Crippen molar-refractivity contribution in [2.45, 2.75) is 101 Å². The molecule has 0 radical (unpaired) electrons. The van der Waals surface area contributed by atoms with Gasteiger partial charge in [-0.3, -0.25) is 61.5 Å². The van der Waals surface area contributed by atoms with Gasteiger partial charge in [0.2, 0.25) is 17.7 Å². The smallest absolute Gasteiger partial charge is 0.387 e. The highest BCUT2D eigenvalue weighted by atomic mass is 31.3. The van der Waals surface area contributed by atoms with Crippen molar-refractivity contribution in [1.82, 2.24) is 53.6 Å². The number of aliphatic hydroxyl groups is 3. The molecule has 3 fully saturated rings. The number of aromatic nitrogens is 12. The van der Waals surface area contributed by atoms with Gasteiger partial charge in [0.15, 0.2) is 47.6 Å². The summed E-state index contributed by atoms with van der Waals surface area (Å²) >= 11 is 0. The first kappa shape index (κ1) is 66.3. The van der Waals surface area contributed by atoms with Crippen molar-refractivity contribution >= 4 is 88.2 Å². The number of benzene rings is 1. The van der Waals surface area contributed by atoms with Crippen molar-refractivity contribution in [2.75, 3.05) is 43.8 Å². The lowest BCUT2D eigenvalue weighted by Gasteiger charge is -2.31. The number of nitrogens with zero attached hydrogens (tertiary/aromatic N) is 11. The number of hydrogen-bond donors (Lipinski definition) is 12. The van der Waals surface area contributed by atoms with Gasteiger partial charge in [-0.15, -0.1) is 0 Å². The maximum atomic E-state index is 16.7. The SMILES string of the molecule is Cn1c[n+]([C@@H]2O[C@H](COP(=O)(O)OP(=O)(O)OP(=O)(O)OC[C@H]3O[C@@H](n4cnc5c(N)ncnc54)C(F)[C@H]3OP(=O)(O)OC[C@H]3O[C@@H](n4cnc5c(=O)[nH]c(N)nc54)C(O)[C@H]3O)[C@H](O)C2OCOC(c2ccccc2[N+](=O)[O-])C(C)(C)C)c2nc(N)[nH]c(=O)c21. The summed E-state index contributed by atoms with van der Waals surface area (Å²) in [7, 11) is -22.7. The zero-order valence-corrected chi connectivity index (χ0v) is 50.2. The fraction of sp³-hybridized carbons (Fsp3) is 0.512. The molecule has 7 aromatic rings. The lowest BCUT2D eigenvalue weighted by atomic mass is 9.84. The van der Waals surface area contributed by atoms with Gasteiger partial charge in [0.1, 0.15) is 67.5 Å². The number of phosphoric acid groups is 4. The summed E-state index contributed by atoms with van der Waals surface area (Å²) < 4.78 is 132. The highest BCUT2D eigenvalue weighted by molar-refractivity contribution is 7.66. The molecule has 0 amide bonds. The molecule has 17 atom stereocenters. The molecule has 15 N–H and O–H groups in total. The molecule has 490 valence electrons. The third-order valence-electron chi connectivity index (χ3n) is 13.9. The van der Waals surface area contributed by atoms with E-state index >= 15 is 4.39 Å². The summed E-state index contributed by atoms with van der Waals surface area (Å²) in [5, 5.41) is 45.4. The molecule has 3 saturated heterocycles. The zero-order valence-electron chi connectivity index (χ0n) is 46.7. The van der Waals surface area contributed by atoms with E-state index in [0.29, 0.717) is 0 Å². The number of nitrogens with one attached hydrogen (secondary N) is 2. The van der Waals surface area contributed by atoms with E-state index < -0.39 is 159 Å². The van der Waals surface area contributed by atoms with Crippen LogP contribution in [0.2, 0.25) is 0 Å². The number of anilines is 3. The topological polar surface area (TPSA) is 594 Å². The van der Waals surface area contributed by atoms with Crippen molar-refractivity contribution in [2.24, 2.45) is 12.5 Å². The number of ether oxygens (including phenoxy) is 5. The van der Waals surface area contributed by atoms with E-state index in [2.05, 4.69) is 48.5 Å². The molecule has 10 rings (SSSR count). The molecule has 0 saturated carbocycles. The number of hydrogen-bond acceptors (Lipinski definition) is 31. The molecule has 90 heavy (non-hydrogen) atoms. The van der Waals surface area contributed by atoms with E-state index in [4.69, 9.17) is 59.0 Å². The summed E-state index contributed by atoms with van der Waals surface area (Å²) in [5.41, 5.74) is 14.1. The van der Waals surface area contributed by atoms with E-state index in [1.54, 1.807) is 26.8 Å². The number of fused-ring (bicyclic) bond motifs is 3. The van der Waals surface area contributed by atoms with Crippen LogP contribution >= 0.6 is 31.3 Å². The molecule has 3 aliphatic rings. The first-order chi connectivity index (χ1) is 42.1. The van der Waals surface area contributed by atoms with Crippen LogP contribution in [0.5, 0.6) is 0 Å². The number of phosphoric ester groups is 3. The summed E-state index contributed by atoms with van der Waals surface area (Å²) in [6.07, 6.45) is -19.7. The molecule has 47 heteroatoms. The van der Waals surface area contributed by atoms with Gasteiger partial charge >= 0.3 is 36.9 Å². The van der Waals surface area contributed by atoms with E-state index in [1.165, 1.54) is 40.7 Å². The zero-order chi connectivity index (χ0) is 65.3. The van der Waals surface area contributed by atoms with Gasteiger partial charge < -0.3 is 75.8 Å². The average molecular weight is 1360 g/mol. The number of aromatic amines is 2. The van der Waals surface area contributed by atoms with Crippen LogP contribution in [-0.4, -0.2) is 175 Å². The van der Waals surface area contributed by atoms with Crippen molar-refractivity contribution in [3.63, 3.8) is 0 Å². The monoisotopic (exact) mass is 1360 g/mol. The molecular formula is C43H56FN16O26P4+. The predicted octanol–water partition coefficient (Wildman–Crippen LogP) is -0.693. The summed E-state index contributed by atoms with van der Waals surface area (Å²) in [4.78, 5) is 108. The second kappa shape index (κ2) is 25.1. The maximum absolute atomic E-state index is 16.7. The lowest BCUT2D eigenvalue weighted by Crippen LogP contribution is -2.47. The van der Waals surface area contributed by atoms with Gasteiger partial charge in [-0.1, -0.05) is 37.9 Å².